The molecule has 0 atom stereocenters. The van der Waals surface area contributed by atoms with Gasteiger partial charge in [0, 0.05) is 53.4 Å². The fraction of sp³-hybridized carbons (Fsp3) is 0.600. The van der Waals surface area contributed by atoms with Crippen LogP contribution in [-0.4, -0.2) is 79.9 Å². The maximum absolute atomic E-state index is 11.9. The number of amides is 1. The molecule has 1 amide bonds. The Morgan fingerprint density at radius 2 is 1.85 bits per heavy atom. The Bertz CT molecular complexity index is 565. The number of rotatable bonds is 7. The topological polar surface area (TPSA) is 51.2 Å². The van der Waals surface area contributed by atoms with Gasteiger partial charge in [-0.3, -0.25) is 9.69 Å². The van der Waals surface area contributed by atoms with E-state index in [2.05, 4.69) is 57.4 Å². The van der Waals surface area contributed by atoms with E-state index < -0.39 is 0 Å². The van der Waals surface area contributed by atoms with Gasteiger partial charge in [0.05, 0.1) is 0 Å². The lowest BCUT2D eigenvalue weighted by Crippen LogP contribution is -2.52. The maximum atomic E-state index is 11.9. The molecule has 1 aliphatic rings. The first-order chi connectivity index (χ1) is 12.6. The highest BCUT2D eigenvalue weighted by Crippen LogP contribution is 2.08. The summed E-state index contributed by atoms with van der Waals surface area (Å²) in [5.74, 6) is 0.899. The summed E-state index contributed by atoms with van der Waals surface area (Å²) in [7, 11) is 3.54. The van der Waals surface area contributed by atoms with Crippen LogP contribution in [-0.2, 0) is 11.3 Å². The largest absolute Gasteiger partial charge is 0.356 e. The minimum absolute atomic E-state index is 0.0301. The van der Waals surface area contributed by atoms with Crippen LogP contribution in [0.3, 0.4) is 0 Å². The van der Waals surface area contributed by atoms with Crippen molar-refractivity contribution in [2.75, 3.05) is 53.4 Å². The number of nitrogens with one attached hydrogen (secondary N) is 1. The van der Waals surface area contributed by atoms with Crippen molar-refractivity contribution >= 4 is 11.9 Å². The summed E-state index contributed by atoms with van der Waals surface area (Å²) in [6, 6.07) is 10.6. The predicted molar refractivity (Wildman–Crippen MR) is 107 cm³/mol. The molecule has 1 aliphatic heterocycles. The number of nitrogens with zero attached hydrogens (tertiary/aromatic N) is 4. The molecule has 2 rings (SSSR count). The molecule has 1 fully saturated rings. The summed E-state index contributed by atoms with van der Waals surface area (Å²) >= 11 is 0. The van der Waals surface area contributed by atoms with E-state index in [1.165, 1.54) is 5.56 Å². The Labute approximate surface area is 157 Å². The van der Waals surface area contributed by atoms with Crippen LogP contribution < -0.4 is 5.32 Å². The smallest absolute Gasteiger partial charge is 0.243 e. The number of carbonyl (C=O) groups excluding carboxylic acids is 1. The van der Waals surface area contributed by atoms with Crippen LogP contribution >= 0.6 is 0 Å². The lowest BCUT2D eigenvalue weighted by Gasteiger charge is -2.36. The molecule has 1 aromatic rings. The lowest BCUT2D eigenvalue weighted by molar-refractivity contribution is -0.127. The van der Waals surface area contributed by atoms with Gasteiger partial charge in [-0.25, -0.2) is 4.99 Å². The molecular weight excluding hydrogens is 326 g/mol. The van der Waals surface area contributed by atoms with Gasteiger partial charge in [0.1, 0.15) is 6.54 Å². The zero-order chi connectivity index (χ0) is 18.8. The van der Waals surface area contributed by atoms with Crippen molar-refractivity contribution in [2.24, 2.45) is 4.99 Å². The molecule has 0 saturated carbocycles. The second kappa shape index (κ2) is 10.8. The van der Waals surface area contributed by atoms with Crippen molar-refractivity contribution in [3.05, 3.63) is 35.9 Å². The first-order valence-corrected chi connectivity index (χ1v) is 9.60. The van der Waals surface area contributed by atoms with Gasteiger partial charge in [0.15, 0.2) is 5.96 Å². The standard InChI is InChI=1S/C20H33N5O/c1-4-5-11-21-20(22-16-19(26)23(2)3)25-14-12-24(13-15-25)17-18-9-7-6-8-10-18/h6-10H,4-5,11-17H2,1-3H3,(H,21,22). The molecule has 26 heavy (non-hydrogen) atoms. The fourth-order valence-electron chi connectivity index (χ4n) is 2.89. The quantitative estimate of drug-likeness (QED) is 0.457. The number of unbranched alkanes of at least 4 members (excludes halogenated alkanes) is 1. The van der Waals surface area contributed by atoms with Crippen molar-refractivity contribution < 1.29 is 4.79 Å². The maximum Gasteiger partial charge on any atom is 0.243 e. The van der Waals surface area contributed by atoms with Crippen LogP contribution in [0.5, 0.6) is 0 Å². The third-order valence-corrected chi connectivity index (χ3v) is 4.60. The van der Waals surface area contributed by atoms with Gasteiger partial charge < -0.3 is 15.1 Å². The molecule has 1 aromatic carbocycles. The summed E-state index contributed by atoms with van der Waals surface area (Å²) in [4.78, 5) is 22.8. The van der Waals surface area contributed by atoms with E-state index in [1.807, 2.05) is 0 Å². The molecule has 0 aliphatic carbocycles. The Morgan fingerprint density at radius 1 is 1.15 bits per heavy atom. The van der Waals surface area contributed by atoms with Gasteiger partial charge in [-0.05, 0) is 12.0 Å². The molecule has 0 unspecified atom stereocenters. The molecule has 0 radical (unpaired) electrons. The van der Waals surface area contributed by atoms with Gasteiger partial charge in [-0.1, -0.05) is 43.7 Å². The molecule has 0 aromatic heterocycles. The summed E-state index contributed by atoms with van der Waals surface area (Å²) in [6.45, 7) is 8.14. The van der Waals surface area contributed by atoms with Gasteiger partial charge in [0.2, 0.25) is 5.91 Å². The van der Waals surface area contributed by atoms with Crippen molar-refractivity contribution in [2.45, 2.75) is 26.3 Å². The second-order valence-corrected chi connectivity index (χ2v) is 6.96. The van der Waals surface area contributed by atoms with E-state index in [4.69, 9.17) is 0 Å². The molecule has 0 spiro atoms. The fourth-order valence-corrected chi connectivity index (χ4v) is 2.89. The van der Waals surface area contributed by atoms with Crippen molar-refractivity contribution in [1.29, 1.82) is 0 Å². The number of hydrogen-bond donors (Lipinski definition) is 1. The number of aliphatic imine (C=N–C) groups is 1. The molecule has 6 heteroatoms. The average Bonchev–Trinajstić information content (AvgIpc) is 2.66. The van der Waals surface area contributed by atoms with E-state index in [9.17, 15) is 4.79 Å². The van der Waals surface area contributed by atoms with Crippen molar-refractivity contribution in [1.82, 2.24) is 20.0 Å². The van der Waals surface area contributed by atoms with Gasteiger partial charge in [-0.15, -0.1) is 0 Å². The SMILES string of the molecule is CCCCNC(=NCC(=O)N(C)C)N1CCN(Cc2ccccc2)CC1. The lowest BCUT2D eigenvalue weighted by atomic mass is 10.2. The molecule has 6 nitrogen and oxygen atoms in total. The highest BCUT2D eigenvalue weighted by atomic mass is 16.2. The zero-order valence-corrected chi connectivity index (χ0v) is 16.4. The zero-order valence-electron chi connectivity index (χ0n) is 16.4. The number of hydrogen-bond acceptors (Lipinski definition) is 3. The van der Waals surface area contributed by atoms with E-state index in [0.29, 0.717) is 0 Å². The van der Waals surface area contributed by atoms with E-state index in [-0.39, 0.29) is 12.5 Å². The number of carbonyl (C=O) groups is 1. The summed E-state index contributed by atoms with van der Waals surface area (Å²) in [5, 5.41) is 3.44. The Morgan fingerprint density at radius 3 is 2.46 bits per heavy atom. The van der Waals surface area contributed by atoms with Gasteiger partial charge >= 0.3 is 0 Å². The van der Waals surface area contributed by atoms with Crippen LogP contribution in [0.4, 0.5) is 0 Å². The summed E-state index contributed by atoms with van der Waals surface area (Å²) in [5.41, 5.74) is 1.35. The third kappa shape index (κ3) is 6.67. The van der Waals surface area contributed by atoms with Crippen molar-refractivity contribution in [3.8, 4) is 0 Å². The van der Waals surface area contributed by atoms with Gasteiger partial charge in [-0.2, -0.15) is 0 Å². The van der Waals surface area contributed by atoms with Crippen LogP contribution in [0.25, 0.3) is 0 Å². The van der Waals surface area contributed by atoms with E-state index >= 15 is 0 Å². The first-order valence-electron chi connectivity index (χ1n) is 9.60. The molecule has 144 valence electrons. The number of piperazine rings is 1. The third-order valence-electron chi connectivity index (χ3n) is 4.60. The van der Waals surface area contributed by atoms with Crippen LogP contribution in [0.2, 0.25) is 0 Å². The summed E-state index contributed by atoms with van der Waals surface area (Å²) in [6.07, 6.45) is 2.25. The molecular formula is C20H33N5O. The Kier molecular flexibility index (Phi) is 8.41. The normalized spacial score (nSPS) is 15.8. The average molecular weight is 360 g/mol. The second-order valence-electron chi connectivity index (χ2n) is 6.96. The van der Waals surface area contributed by atoms with E-state index in [0.717, 1.165) is 58.1 Å². The Balaban J connectivity index is 1.89. The number of guanidine groups is 1. The first kappa shape index (κ1) is 20.2. The minimum atomic E-state index is 0.0301. The molecule has 1 N–H and O–H groups in total. The van der Waals surface area contributed by atoms with Crippen LogP contribution in [0.15, 0.2) is 35.3 Å². The number of benzene rings is 1. The highest BCUT2D eigenvalue weighted by molar-refractivity contribution is 5.84. The predicted octanol–water partition coefficient (Wildman–Crippen LogP) is 1.64. The summed E-state index contributed by atoms with van der Waals surface area (Å²) < 4.78 is 0. The Hall–Kier alpha value is -2.08. The minimum Gasteiger partial charge on any atom is -0.356 e. The van der Waals surface area contributed by atoms with Crippen LogP contribution in [0.1, 0.15) is 25.3 Å². The molecule has 0 bridgehead atoms. The molecule has 1 heterocycles. The highest BCUT2D eigenvalue weighted by Gasteiger charge is 2.20. The van der Waals surface area contributed by atoms with Crippen molar-refractivity contribution in [3.63, 3.8) is 0 Å². The van der Waals surface area contributed by atoms with Crippen LogP contribution in [0, 0.1) is 0 Å². The van der Waals surface area contributed by atoms with E-state index in [1.54, 1.807) is 19.0 Å². The monoisotopic (exact) mass is 359 g/mol. The van der Waals surface area contributed by atoms with Gasteiger partial charge in [0.25, 0.3) is 0 Å². The number of likely N-dealkylation sites (N-methyl/N-ethyl adjacent to an activating group) is 1. The molecule has 1 saturated heterocycles.